The van der Waals surface area contributed by atoms with Gasteiger partial charge < -0.3 is 0 Å². The van der Waals surface area contributed by atoms with Crippen molar-refractivity contribution in [3.05, 3.63) is 0 Å². The van der Waals surface area contributed by atoms with Gasteiger partial charge >= 0.3 is 0 Å². The molecule has 0 aromatic carbocycles. The summed E-state index contributed by atoms with van der Waals surface area (Å²) in [7, 11) is 0. The fourth-order valence-corrected chi connectivity index (χ4v) is 1.04. The first-order chi connectivity index (χ1) is 6.06. The molecule has 0 unspecified atom stereocenters. The van der Waals surface area contributed by atoms with Crippen LogP contribution in [0.5, 0.6) is 0 Å². The fraction of sp³-hybridized carbons (Fsp3) is 1.00. The zero-order chi connectivity index (χ0) is 10.2. The van der Waals surface area contributed by atoms with Crippen LogP contribution < -0.4 is 0 Å². The normalized spacial score (nSPS) is 12.0. The minimum atomic E-state index is -1.09. The second-order valence-corrected chi connectivity index (χ2v) is 5.84. The Labute approximate surface area is 96.9 Å². The van der Waals surface area contributed by atoms with E-state index in [1.165, 1.54) is 25.7 Å². The van der Waals surface area contributed by atoms with Crippen LogP contribution in [0, 0.1) is 0 Å². The zero-order valence-electron chi connectivity index (χ0n) is 7.90. The van der Waals surface area contributed by atoms with Crippen LogP contribution in [0.4, 0.5) is 0 Å². The Hall–Kier alpha value is 0.970. The van der Waals surface area contributed by atoms with Gasteiger partial charge in [-0.2, -0.15) is 4.89 Å². The summed E-state index contributed by atoms with van der Waals surface area (Å²) in [5.74, 6) is 0. The highest BCUT2D eigenvalue weighted by molar-refractivity contribution is 8.16. The Bertz CT molecular complexity index is 114. The van der Waals surface area contributed by atoms with Gasteiger partial charge in [-0.05, 0) is 6.42 Å². The smallest absolute Gasteiger partial charge is 0.232 e. The summed E-state index contributed by atoms with van der Waals surface area (Å²) in [5.41, 5.74) is 0. The summed E-state index contributed by atoms with van der Waals surface area (Å²) in [6, 6.07) is 0. The van der Waals surface area contributed by atoms with Crippen molar-refractivity contribution in [1.82, 2.24) is 0 Å². The van der Waals surface area contributed by atoms with E-state index in [1.807, 2.05) is 0 Å². The van der Waals surface area contributed by atoms with Crippen molar-refractivity contribution in [2.24, 2.45) is 0 Å². The van der Waals surface area contributed by atoms with Gasteiger partial charge in [0, 0.05) is 0 Å². The Morgan fingerprint density at radius 2 is 1.62 bits per heavy atom. The van der Waals surface area contributed by atoms with Gasteiger partial charge in [0.1, 0.15) is 0 Å². The van der Waals surface area contributed by atoms with Gasteiger partial charge in [-0.3, -0.25) is 0 Å². The van der Waals surface area contributed by atoms with E-state index >= 15 is 0 Å². The Kier molecular flexibility index (Phi) is 8.91. The fourth-order valence-electron chi connectivity index (χ4n) is 0.885. The number of hydrogen-bond acceptors (Lipinski definition) is 5. The van der Waals surface area contributed by atoms with Crippen molar-refractivity contribution in [3.63, 3.8) is 0 Å². The second kappa shape index (κ2) is 8.29. The van der Waals surface area contributed by atoms with Crippen molar-refractivity contribution in [2.75, 3.05) is 6.61 Å². The molecule has 0 aromatic rings. The average molecular weight is 242 g/mol. The van der Waals surface area contributed by atoms with Crippen LogP contribution in [0.15, 0.2) is 0 Å². The van der Waals surface area contributed by atoms with Crippen molar-refractivity contribution in [3.8, 4) is 0 Å². The highest BCUT2D eigenvalue weighted by atomic mass is 32.2. The van der Waals surface area contributed by atoms with Gasteiger partial charge in [0.25, 0.3) is 0 Å². The lowest BCUT2D eigenvalue weighted by Gasteiger charge is -2.14. The summed E-state index contributed by atoms with van der Waals surface area (Å²) >= 11 is 11.7. The van der Waals surface area contributed by atoms with Crippen LogP contribution >= 0.6 is 37.9 Å². The molecule has 0 spiro atoms. The molecule has 0 fully saturated rings. The molecule has 2 nitrogen and oxygen atoms in total. The lowest BCUT2D eigenvalue weighted by Crippen LogP contribution is -2.10. The predicted octanol–water partition coefficient (Wildman–Crippen LogP) is 3.31. The molecule has 0 saturated carbocycles. The topological polar surface area (TPSA) is 18.5 Å². The van der Waals surface area contributed by atoms with Gasteiger partial charge in [-0.1, -0.05) is 32.6 Å². The minimum absolute atomic E-state index is 0.577. The number of rotatable bonds is 8. The lowest BCUT2D eigenvalue weighted by atomic mass is 10.2. The molecule has 13 heavy (non-hydrogen) atoms. The van der Waals surface area contributed by atoms with Crippen LogP contribution in [0.3, 0.4) is 0 Å². The van der Waals surface area contributed by atoms with Gasteiger partial charge in [0.2, 0.25) is 3.60 Å². The van der Waals surface area contributed by atoms with E-state index < -0.39 is 3.60 Å². The second-order valence-electron chi connectivity index (χ2n) is 2.89. The highest BCUT2D eigenvalue weighted by Gasteiger charge is 2.14. The maximum atomic E-state index is 4.85. The third kappa shape index (κ3) is 13.0. The van der Waals surface area contributed by atoms with E-state index in [0.29, 0.717) is 6.61 Å². The van der Waals surface area contributed by atoms with E-state index in [1.54, 1.807) is 0 Å². The molecule has 0 heterocycles. The number of thiol groups is 3. The van der Waals surface area contributed by atoms with E-state index in [2.05, 4.69) is 44.8 Å². The first kappa shape index (κ1) is 14.0. The number of hydrogen-bond donors (Lipinski definition) is 3. The van der Waals surface area contributed by atoms with Crippen LogP contribution in [0.1, 0.15) is 39.0 Å². The van der Waals surface area contributed by atoms with Gasteiger partial charge in [0.15, 0.2) is 0 Å². The highest BCUT2D eigenvalue weighted by Crippen LogP contribution is 2.25. The summed E-state index contributed by atoms with van der Waals surface area (Å²) in [5, 5.41) is 0. The van der Waals surface area contributed by atoms with Crippen molar-refractivity contribution >= 4 is 37.9 Å². The molecule has 0 N–H and O–H groups in total. The molecule has 0 aliphatic carbocycles. The van der Waals surface area contributed by atoms with Gasteiger partial charge in [0.05, 0.1) is 6.61 Å². The van der Waals surface area contributed by atoms with Crippen LogP contribution in [-0.2, 0) is 9.78 Å². The van der Waals surface area contributed by atoms with Crippen LogP contribution in [0.25, 0.3) is 0 Å². The molecule has 0 atom stereocenters. The Morgan fingerprint density at radius 1 is 1.00 bits per heavy atom. The molecular formula is C8H18O2S3. The van der Waals surface area contributed by atoms with Gasteiger partial charge in [-0.15, -0.1) is 37.9 Å². The molecule has 0 aromatic heterocycles. The Morgan fingerprint density at radius 3 is 2.15 bits per heavy atom. The molecule has 0 saturated heterocycles. The van der Waals surface area contributed by atoms with Crippen molar-refractivity contribution in [1.29, 1.82) is 0 Å². The molecular weight excluding hydrogens is 224 g/mol. The van der Waals surface area contributed by atoms with Crippen molar-refractivity contribution in [2.45, 2.75) is 42.6 Å². The Balaban J connectivity index is 3.00. The molecule has 0 aliphatic rings. The summed E-state index contributed by atoms with van der Waals surface area (Å²) in [6.07, 6.45) is 5.98. The van der Waals surface area contributed by atoms with Crippen LogP contribution in [0.2, 0.25) is 0 Å². The van der Waals surface area contributed by atoms with Gasteiger partial charge in [-0.25, -0.2) is 4.89 Å². The van der Waals surface area contributed by atoms with E-state index in [-0.39, 0.29) is 0 Å². The minimum Gasteiger partial charge on any atom is -0.234 e. The third-order valence-corrected chi connectivity index (χ3v) is 1.73. The quantitative estimate of drug-likeness (QED) is 0.199. The third-order valence-electron chi connectivity index (χ3n) is 1.50. The number of unbranched alkanes of at least 4 members (excludes halogenated alkanes) is 4. The SMILES string of the molecule is CCCCCCCOOC(S)(S)S. The molecule has 0 aliphatic heterocycles. The molecule has 0 amide bonds. The van der Waals surface area contributed by atoms with Crippen molar-refractivity contribution < 1.29 is 9.78 Å². The molecule has 0 bridgehead atoms. The van der Waals surface area contributed by atoms with E-state index in [9.17, 15) is 0 Å². The molecule has 80 valence electrons. The van der Waals surface area contributed by atoms with E-state index in [4.69, 9.17) is 9.78 Å². The predicted molar refractivity (Wildman–Crippen MR) is 65.5 cm³/mol. The maximum absolute atomic E-state index is 4.85. The lowest BCUT2D eigenvalue weighted by molar-refractivity contribution is -0.294. The first-order valence-electron chi connectivity index (χ1n) is 4.54. The molecule has 0 rings (SSSR count). The zero-order valence-corrected chi connectivity index (χ0v) is 10.6. The summed E-state index contributed by atoms with van der Waals surface area (Å²) in [6.45, 7) is 2.77. The largest absolute Gasteiger partial charge is 0.234 e. The van der Waals surface area contributed by atoms with Crippen LogP contribution in [-0.4, -0.2) is 10.2 Å². The monoisotopic (exact) mass is 242 g/mol. The average Bonchev–Trinajstić information content (AvgIpc) is 2.01. The van der Waals surface area contributed by atoms with E-state index in [0.717, 1.165) is 6.42 Å². The molecule has 5 heteroatoms. The summed E-state index contributed by atoms with van der Waals surface area (Å²) in [4.78, 5) is 9.58. The first-order valence-corrected chi connectivity index (χ1v) is 5.88. The maximum Gasteiger partial charge on any atom is 0.232 e. The standard InChI is InChI=1S/C8H18O2S3/c1-2-3-4-5-6-7-9-10-8(11,12)13/h11-13H,2-7H2,1H3. The summed E-state index contributed by atoms with van der Waals surface area (Å²) < 4.78 is -1.09. The molecule has 0 radical (unpaired) electrons.